The van der Waals surface area contributed by atoms with Gasteiger partial charge in [-0.15, -0.1) is 0 Å². The van der Waals surface area contributed by atoms with Crippen LogP contribution < -0.4 is 5.32 Å². The number of aryl methyl sites for hydroxylation is 1. The van der Waals surface area contributed by atoms with Crippen LogP contribution in [-0.2, 0) is 20.9 Å². The second-order valence-corrected chi connectivity index (χ2v) is 7.68. The minimum atomic E-state index is -0.220. The van der Waals surface area contributed by atoms with Gasteiger partial charge in [0.15, 0.2) is 0 Å². The Bertz CT molecular complexity index is 1020. The number of benzene rings is 1. The summed E-state index contributed by atoms with van der Waals surface area (Å²) in [4.78, 5) is 26.7. The lowest BCUT2D eigenvalue weighted by Crippen LogP contribution is -2.39. The number of nitrogens with zero attached hydrogens (tertiary/aromatic N) is 3. The summed E-state index contributed by atoms with van der Waals surface area (Å²) in [5.41, 5.74) is 2.68. The van der Waals surface area contributed by atoms with Crippen molar-refractivity contribution in [3.8, 4) is 0 Å². The van der Waals surface area contributed by atoms with Gasteiger partial charge in [-0.25, -0.2) is 0 Å². The number of fused-ring (bicyclic) bond motifs is 1. The molecule has 1 aromatic carbocycles. The largest absolute Gasteiger partial charge is 0.375 e. The van der Waals surface area contributed by atoms with Gasteiger partial charge in [-0.2, -0.15) is 5.10 Å². The Morgan fingerprint density at radius 2 is 2.17 bits per heavy atom. The van der Waals surface area contributed by atoms with E-state index in [4.69, 9.17) is 4.74 Å². The highest BCUT2D eigenvalue weighted by Crippen LogP contribution is 2.30. The van der Waals surface area contributed by atoms with Crippen molar-refractivity contribution in [2.75, 3.05) is 32.1 Å². The molecule has 1 saturated heterocycles. The van der Waals surface area contributed by atoms with Crippen LogP contribution in [0.5, 0.6) is 0 Å². The number of aromatic nitrogens is 3. The first-order valence-electron chi connectivity index (χ1n) is 10.3. The van der Waals surface area contributed by atoms with Crippen LogP contribution in [0, 0.1) is 0 Å². The number of hydrogen-bond acceptors (Lipinski definition) is 4. The number of para-hydroxylation sites is 1. The second-order valence-electron chi connectivity index (χ2n) is 7.68. The van der Waals surface area contributed by atoms with Gasteiger partial charge in [0.2, 0.25) is 11.8 Å². The van der Waals surface area contributed by atoms with Gasteiger partial charge in [0.1, 0.15) is 6.61 Å². The number of H-pyrrole nitrogens is 1. The fraction of sp³-hybridized carbons (Fsp3) is 0.409. The molecule has 1 aliphatic heterocycles. The first kappa shape index (κ1) is 20.2. The number of amides is 2. The Kier molecular flexibility index (Phi) is 6.13. The lowest BCUT2D eigenvalue weighted by molar-refractivity contribution is -0.132. The smallest absolute Gasteiger partial charge is 0.250 e. The molecule has 1 atom stereocenters. The molecule has 8 nitrogen and oxygen atoms in total. The highest BCUT2D eigenvalue weighted by Gasteiger charge is 2.27. The Balaban J connectivity index is 1.37. The molecule has 3 heterocycles. The number of anilines is 1. The van der Waals surface area contributed by atoms with Crippen LogP contribution in [0.25, 0.3) is 10.9 Å². The SMILES string of the molecule is COCC(=O)Nc1cn[nH]c1[C@H]1CCCN(C(=O)CCn2ccc3ccccc32)C1. The number of aromatic amines is 1. The van der Waals surface area contributed by atoms with Crippen LogP contribution in [0.4, 0.5) is 5.69 Å². The quantitative estimate of drug-likeness (QED) is 0.628. The number of hydrogen-bond donors (Lipinski definition) is 2. The monoisotopic (exact) mass is 409 g/mol. The topological polar surface area (TPSA) is 92.2 Å². The van der Waals surface area contributed by atoms with Gasteiger partial charge in [0.25, 0.3) is 0 Å². The third kappa shape index (κ3) is 4.38. The van der Waals surface area contributed by atoms with Crippen molar-refractivity contribution in [1.29, 1.82) is 0 Å². The Labute approximate surface area is 175 Å². The number of likely N-dealkylation sites (tertiary alicyclic amines) is 1. The molecule has 0 aliphatic carbocycles. The molecule has 4 rings (SSSR count). The lowest BCUT2D eigenvalue weighted by Gasteiger charge is -2.33. The average molecular weight is 409 g/mol. The number of ether oxygens (including phenoxy) is 1. The summed E-state index contributed by atoms with van der Waals surface area (Å²) >= 11 is 0. The van der Waals surface area contributed by atoms with Gasteiger partial charge >= 0.3 is 0 Å². The first-order valence-corrected chi connectivity index (χ1v) is 10.3. The Morgan fingerprint density at radius 3 is 3.03 bits per heavy atom. The van der Waals surface area contributed by atoms with Crippen molar-refractivity contribution >= 4 is 28.4 Å². The molecule has 0 unspecified atom stereocenters. The fourth-order valence-corrected chi connectivity index (χ4v) is 4.17. The van der Waals surface area contributed by atoms with Crippen LogP contribution in [0.1, 0.15) is 30.9 Å². The van der Waals surface area contributed by atoms with E-state index in [1.165, 1.54) is 12.5 Å². The number of piperidine rings is 1. The summed E-state index contributed by atoms with van der Waals surface area (Å²) in [6, 6.07) is 10.3. The van der Waals surface area contributed by atoms with Crippen molar-refractivity contribution < 1.29 is 14.3 Å². The van der Waals surface area contributed by atoms with Crippen molar-refractivity contribution in [2.24, 2.45) is 0 Å². The molecule has 0 bridgehead atoms. The van der Waals surface area contributed by atoms with E-state index in [-0.39, 0.29) is 24.3 Å². The molecule has 30 heavy (non-hydrogen) atoms. The van der Waals surface area contributed by atoms with E-state index in [9.17, 15) is 9.59 Å². The molecule has 0 saturated carbocycles. The van der Waals surface area contributed by atoms with Crippen molar-refractivity contribution in [2.45, 2.75) is 31.7 Å². The third-order valence-corrected chi connectivity index (χ3v) is 5.65. The number of nitrogens with one attached hydrogen (secondary N) is 2. The maximum atomic E-state index is 12.9. The molecule has 1 fully saturated rings. The van der Waals surface area contributed by atoms with Gasteiger partial charge in [0, 0.05) is 50.8 Å². The van der Waals surface area contributed by atoms with Crippen LogP contribution in [0.2, 0.25) is 0 Å². The number of methoxy groups -OCH3 is 1. The number of carbonyl (C=O) groups excluding carboxylic acids is 2. The third-order valence-electron chi connectivity index (χ3n) is 5.65. The van der Waals surface area contributed by atoms with Crippen LogP contribution in [-0.4, -0.2) is 58.3 Å². The zero-order valence-corrected chi connectivity index (χ0v) is 17.1. The maximum Gasteiger partial charge on any atom is 0.250 e. The zero-order valence-electron chi connectivity index (χ0n) is 17.1. The van der Waals surface area contributed by atoms with E-state index in [0.29, 0.717) is 25.2 Å². The highest BCUT2D eigenvalue weighted by molar-refractivity contribution is 5.92. The van der Waals surface area contributed by atoms with Gasteiger partial charge in [-0.05, 0) is 30.4 Å². The Hall–Kier alpha value is -3.13. The maximum absolute atomic E-state index is 12.9. The molecule has 3 aromatic rings. The minimum absolute atomic E-state index is 0.00598. The molecule has 0 spiro atoms. The summed E-state index contributed by atoms with van der Waals surface area (Å²) in [5.74, 6) is 0.0558. The lowest BCUT2D eigenvalue weighted by atomic mass is 9.93. The second kappa shape index (κ2) is 9.13. The molecule has 2 N–H and O–H groups in total. The molecule has 2 amide bonds. The molecular formula is C22H27N5O3. The van der Waals surface area contributed by atoms with Crippen molar-refractivity contribution in [3.05, 3.63) is 48.4 Å². The zero-order chi connectivity index (χ0) is 20.9. The molecule has 8 heteroatoms. The molecule has 1 aliphatic rings. The van der Waals surface area contributed by atoms with E-state index < -0.39 is 0 Å². The number of rotatable bonds is 7. The molecular weight excluding hydrogens is 382 g/mol. The van der Waals surface area contributed by atoms with Gasteiger partial charge in [-0.3, -0.25) is 14.7 Å². The van der Waals surface area contributed by atoms with E-state index in [2.05, 4.69) is 38.3 Å². The van der Waals surface area contributed by atoms with Gasteiger partial charge in [-0.1, -0.05) is 18.2 Å². The predicted molar refractivity (Wildman–Crippen MR) is 114 cm³/mol. The standard InChI is InChI=1S/C22H27N5O3/c1-30-15-20(28)24-18-13-23-25-22(18)17-6-4-10-27(14-17)21(29)9-12-26-11-8-16-5-2-3-7-19(16)26/h2-3,5,7-8,11,13,17H,4,6,9-10,12,14-15H2,1H3,(H,23,25)(H,24,28)/t17-/m0/s1. The highest BCUT2D eigenvalue weighted by atomic mass is 16.5. The Morgan fingerprint density at radius 1 is 1.30 bits per heavy atom. The minimum Gasteiger partial charge on any atom is -0.375 e. The van der Waals surface area contributed by atoms with Gasteiger partial charge in [0.05, 0.1) is 17.6 Å². The van der Waals surface area contributed by atoms with E-state index in [1.807, 2.05) is 23.2 Å². The first-order chi connectivity index (χ1) is 14.7. The van der Waals surface area contributed by atoms with Crippen LogP contribution >= 0.6 is 0 Å². The van der Waals surface area contributed by atoms with Crippen molar-refractivity contribution in [3.63, 3.8) is 0 Å². The predicted octanol–water partition coefficient (Wildman–Crippen LogP) is 2.75. The molecule has 0 radical (unpaired) electrons. The summed E-state index contributed by atoms with van der Waals surface area (Å²) in [6.07, 6.45) is 5.98. The van der Waals surface area contributed by atoms with Crippen molar-refractivity contribution in [1.82, 2.24) is 19.7 Å². The van der Waals surface area contributed by atoms with E-state index >= 15 is 0 Å². The van der Waals surface area contributed by atoms with E-state index in [1.54, 1.807) is 6.20 Å². The fourth-order valence-electron chi connectivity index (χ4n) is 4.17. The normalized spacial score (nSPS) is 16.7. The number of carbonyl (C=O) groups is 2. The van der Waals surface area contributed by atoms with E-state index in [0.717, 1.165) is 30.6 Å². The molecule has 2 aromatic heterocycles. The summed E-state index contributed by atoms with van der Waals surface area (Å²) in [5, 5.41) is 11.1. The summed E-state index contributed by atoms with van der Waals surface area (Å²) in [6.45, 7) is 2.05. The van der Waals surface area contributed by atoms with Gasteiger partial charge < -0.3 is 19.5 Å². The average Bonchev–Trinajstić information content (AvgIpc) is 3.39. The summed E-state index contributed by atoms with van der Waals surface area (Å²) < 4.78 is 7.00. The van der Waals surface area contributed by atoms with Crippen LogP contribution in [0.3, 0.4) is 0 Å². The summed E-state index contributed by atoms with van der Waals surface area (Å²) in [7, 11) is 1.48. The molecule has 158 valence electrons. The van der Waals surface area contributed by atoms with Crippen LogP contribution in [0.15, 0.2) is 42.7 Å².